The summed E-state index contributed by atoms with van der Waals surface area (Å²) in [6.45, 7) is 3.29. The molecule has 1 unspecified atom stereocenters. The van der Waals surface area contributed by atoms with Crippen molar-refractivity contribution in [1.82, 2.24) is 0 Å². The first-order valence-corrected chi connectivity index (χ1v) is 6.41. The molecule has 0 radical (unpaired) electrons. The normalized spacial score (nSPS) is 11.7. The molecule has 1 atom stereocenters. The average Bonchev–Trinajstić information content (AvgIpc) is 2.02. The van der Waals surface area contributed by atoms with Gasteiger partial charge in [0.1, 0.15) is 0 Å². The van der Waals surface area contributed by atoms with Crippen molar-refractivity contribution in [3.05, 3.63) is 24.3 Å². The predicted molar refractivity (Wildman–Crippen MR) is 63.5 cm³/mol. The van der Waals surface area contributed by atoms with Gasteiger partial charge in [0.2, 0.25) is 10.0 Å². The van der Waals surface area contributed by atoms with Crippen LogP contribution in [0.1, 0.15) is 13.8 Å². The summed E-state index contributed by atoms with van der Waals surface area (Å²) in [5.41, 5.74) is 0.603. The Morgan fingerprint density at radius 3 is 2.50 bits per heavy atom. The summed E-state index contributed by atoms with van der Waals surface area (Å²) in [6, 6.07) is 7.19. The minimum absolute atomic E-state index is 0.421. The minimum atomic E-state index is -3.23. The fourth-order valence-corrected chi connectivity index (χ4v) is 1.87. The van der Waals surface area contributed by atoms with E-state index in [4.69, 9.17) is 0 Å². The van der Waals surface area contributed by atoms with Crippen LogP contribution in [0.2, 0.25) is 0 Å². The van der Waals surface area contributed by atoms with Gasteiger partial charge in [-0.1, -0.05) is 12.1 Å². The van der Waals surface area contributed by atoms with Crippen molar-refractivity contribution in [3.63, 3.8) is 0 Å². The maximum absolute atomic E-state index is 11.5. The molecule has 0 saturated carbocycles. The van der Waals surface area contributed by atoms with Crippen molar-refractivity contribution in [3.8, 4) is 0 Å². The third-order valence-electron chi connectivity index (χ3n) is 1.77. The summed E-state index contributed by atoms with van der Waals surface area (Å²) in [6.07, 6.45) is 0. The molecule has 0 spiro atoms. The number of rotatable bonds is 3. The molecule has 3 nitrogen and oxygen atoms in total. The van der Waals surface area contributed by atoms with Gasteiger partial charge >= 0.3 is 0 Å². The lowest BCUT2D eigenvalue weighted by atomic mass is 10.3. The lowest BCUT2D eigenvalue weighted by Gasteiger charge is -2.10. The third kappa shape index (κ3) is 2.96. The van der Waals surface area contributed by atoms with Crippen LogP contribution in [-0.2, 0) is 10.0 Å². The van der Waals surface area contributed by atoms with Gasteiger partial charge in [-0.15, -0.1) is 9.24 Å². The third-order valence-corrected chi connectivity index (χ3v) is 3.89. The van der Waals surface area contributed by atoms with E-state index >= 15 is 0 Å². The second-order valence-corrected chi connectivity index (χ2v) is 6.22. The highest BCUT2D eigenvalue weighted by atomic mass is 32.2. The maximum Gasteiger partial charge on any atom is 0.235 e. The Morgan fingerprint density at radius 2 is 2.00 bits per heavy atom. The van der Waals surface area contributed by atoms with Crippen molar-refractivity contribution in [2.24, 2.45) is 0 Å². The highest BCUT2D eigenvalue weighted by Crippen LogP contribution is 2.10. The molecule has 78 valence electrons. The van der Waals surface area contributed by atoms with E-state index in [0.717, 1.165) is 5.30 Å². The molecule has 1 aromatic carbocycles. The molecule has 0 aliphatic rings. The van der Waals surface area contributed by atoms with E-state index in [1.807, 2.05) is 6.07 Å². The molecule has 1 rings (SSSR count). The Labute approximate surface area is 87.2 Å². The summed E-state index contributed by atoms with van der Waals surface area (Å²) in [4.78, 5) is 0. The molecule has 14 heavy (non-hydrogen) atoms. The van der Waals surface area contributed by atoms with E-state index in [1.165, 1.54) is 0 Å². The number of anilines is 1. The van der Waals surface area contributed by atoms with Gasteiger partial charge in [0.25, 0.3) is 0 Å². The highest BCUT2D eigenvalue weighted by Gasteiger charge is 2.14. The molecule has 0 aliphatic carbocycles. The molecule has 0 aromatic heterocycles. The smallest absolute Gasteiger partial charge is 0.235 e. The van der Waals surface area contributed by atoms with Gasteiger partial charge in [-0.2, -0.15) is 0 Å². The number of nitrogens with one attached hydrogen (secondary N) is 1. The van der Waals surface area contributed by atoms with E-state index in [0.29, 0.717) is 5.69 Å². The zero-order valence-corrected chi connectivity index (χ0v) is 10.2. The van der Waals surface area contributed by atoms with E-state index in [9.17, 15) is 8.42 Å². The van der Waals surface area contributed by atoms with E-state index in [-0.39, 0.29) is 0 Å². The van der Waals surface area contributed by atoms with Crippen LogP contribution < -0.4 is 10.0 Å². The molecule has 5 heteroatoms. The Morgan fingerprint density at radius 1 is 1.36 bits per heavy atom. The van der Waals surface area contributed by atoms with Crippen LogP contribution in [0.4, 0.5) is 5.69 Å². The standard InChI is InChI=1S/C9H14NO2PS/c1-7(2)14(11,12)10-8-4-3-5-9(13)6-8/h3-7,10H,13H2,1-2H3. The first-order chi connectivity index (χ1) is 6.42. The highest BCUT2D eigenvalue weighted by molar-refractivity contribution is 7.93. The molecule has 1 aromatic rings. The first kappa shape index (κ1) is 11.5. The predicted octanol–water partition coefficient (Wildman–Crippen LogP) is 1.34. The zero-order chi connectivity index (χ0) is 10.8. The van der Waals surface area contributed by atoms with Gasteiger partial charge in [-0.3, -0.25) is 4.72 Å². The largest absolute Gasteiger partial charge is 0.283 e. The molecule has 0 saturated heterocycles. The maximum atomic E-state index is 11.5. The van der Waals surface area contributed by atoms with Gasteiger partial charge in [-0.05, 0) is 31.3 Å². The van der Waals surface area contributed by atoms with E-state index in [2.05, 4.69) is 14.0 Å². The topological polar surface area (TPSA) is 46.2 Å². The van der Waals surface area contributed by atoms with Gasteiger partial charge < -0.3 is 0 Å². The molecular formula is C9H14NO2PS. The van der Waals surface area contributed by atoms with Crippen molar-refractivity contribution in [1.29, 1.82) is 0 Å². The van der Waals surface area contributed by atoms with Crippen LogP contribution in [-0.4, -0.2) is 13.7 Å². The van der Waals surface area contributed by atoms with Crippen LogP contribution in [0.15, 0.2) is 24.3 Å². The second kappa shape index (κ2) is 4.28. The van der Waals surface area contributed by atoms with Gasteiger partial charge in [0.05, 0.1) is 5.25 Å². The van der Waals surface area contributed by atoms with Crippen molar-refractivity contribution in [2.45, 2.75) is 19.1 Å². The van der Waals surface area contributed by atoms with Crippen molar-refractivity contribution < 1.29 is 8.42 Å². The van der Waals surface area contributed by atoms with Crippen LogP contribution >= 0.6 is 9.24 Å². The molecule has 0 bridgehead atoms. The number of hydrogen-bond acceptors (Lipinski definition) is 2. The molecular weight excluding hydrogens is 217 g/mol. The fourth-order valence-electron chi connectivity index (χ4n) is 0.884. The Hall–Kier alpha value is -0.600. The Bertz CT molecular complexity index is 415. The van der Waals surface area contributed by atoms with Gasteiger partial charge in [0.15, 0.2) is 0 Å². The van der Waals surface area contributed by atoms with Crippen LogP contribution in [0.25, 0.3) is 0 Å². The Kier molecular flexibility index (Phi) is 3.51. The van der Waals surface area contributed by atoms with Crippen LogP contribution in [0, 0.1) is 0 Å². The quantitative estimate of drug-likeness (QED) is 0.798. The minimum Gasteiger partial charge on any atom is -0.283 e. The lowest BCUT2D eigenvalue weighted by molar-refractivity contribution is 0.593. The van der Waals surface area contributed by atoms with Gasteiger partial charge in [0, 0.05) is 5.69 Å². The first-order valence-electron chi connectivity index (χ1n) is 4.29. The summed E-state index contributed by atoms with van der Waals surface area (Å²) in [5.74, 6) is 0. The van der Waals surface area contributed by atoms with Crippen molar-refractivity contribution in [2.75, 3.05) is 4.72 Å². The van der Waals surface area contributed by atoms with E-state index in [1.54, 1.807) is 32.0 Å². The monoisotopic (exact) mass is 231 g/mol. The van der Waals surface area contributed by atoms with Gasteiger partial charge in [-0.25, -0.2) is 8.42 Å². The summed E-state index contributed by atoms with van der Waals surface area (Å²) >= 11 is 0. The summed E-state index contributed by atoms with van der Waals surface area (Å²) < 4.78 is 25.5. The second-order valence-electron chi connectivity index (χ2n) is 3.32. The average molecular weight is 231 g/mol. The lowest BCUT2D eigenvalue weighted by Crippen LogP contribution is -2.22. The SMILES string of the molecule is CC(C)S(=O)(=O)Nc1cccc(P)c1. The fraction of sp³-hybridized carbons (Fsp3) is 0.333. The molecule has 0 amide bonds. The summed E-state index contributed by atoms with van der Waals surface area (Å²) in [7, 11) is -0.704. The van der Waals surface area contributed by atoms with Crippen LogP contribution in [0.5, 0.6) is 0 Å². The van der Waals surface area contributed by atoms with Crippen molar-refractivity contribution >= 4 is 30.3 Å². The number of sulfonamides is 1. The molecule has 1 N–H and O–H groups in total. The molecule has 0 fully saturated rings. The zero-order valence-electron chi connectivity index (χ0n) is 8.19. The number of benzene rings is 1. The molecule has 0 heterocycles. The molecule has 0 aliphatic heterocycles. The Balaban J connectivity index is 2.90. The number of hydrogen-bond donors (Lipinski definition) is 1. The van der Waals surface area contributed by atoms with E-state index < -0.39 is 15.3 Å². The van der Waals surface area contributed by atoms with Crippen LogP contribution in [0.3, 0.4) is 0 Å². The summed E-state index contributed by atoms with van der Waals surface area (Å²) in [5, 5.41) is 0.532.